The number of rotatable bonds is 2. The highest BCUT2D eigenvalue weighted by molar-refractivity contribution is 7.10. The Labute approximate surface area is 77.0 Å². The van der Waals surface area contributed by atoms with E-state index < -0.39 is 0 Å². The zero-order valence-corrected chi connectivity index (χ0v) is 8.10. The zero-order chi connectivity index (χ0) is 8.55. The zero-order valence-electron chi connectivity index (χ0n) is 7.29. The first-order valence-corrected chi connectivity index (χ1v) is 5.36. The maximum Gasteiger partial charge on any atom is 0.0571 e. The van der Waals surface area contributed by atoms with Gasteiger partial charge in [-0.1, -0.05) is 0 Å². The monoisotopic (exact) mass is 182 g/mol. The van der Waals surface area contributed by atoms with E-state index in [9.17, 15) is 5.11 Å². The Balaban J connectivity index is 1.95. The maximum absolute atomic E-state index is 9.38. The van der Waals surface area contributed by atoms with Crippen molar-refractivity contribution in [2.24, 2.45) is 5.92 Å². The Hall–Kier alpha value is -0.340. The third kappa shape index (κ3) is 1.54. The minimum atomic E-state index is -0.0230. The standard InChI is InChI=1S/C10H14OS/c1-7-4-8(6-12-7)5-9-2-3-10(9)11/h4,6,9-11H,2-3,5H2,1H3. The summed E-state index contributed by atoms with van der Waals surface area (Å²) in [6.07, 6.45) is 3.26. The number of hydrogen-bond acceptors (Lipinski definition) is 2. The molecule has 12 heavy (non-hydrogen) atoms. The van der Waals surface area contributed by atoms with Crippen LogP contribution >= 0.6 is 11.3 Å². The van der Waals surface area contributed by atoms with Gasteiger partial charge in [0.15, 0.2) is 0 Å². The molecule has 1 N–H and O–H groups in total. The normalized spacial score (nSPS) is 28.5. The molecule has 2 unspecified atom stereocenters. The van der Waals surface area contributed by atoms with E-state index in [1.165, 1.54) is 16.9 Å². The van der Waals surface area contributed by atoms with Crippen LogP contribution in [0.1, 0.15) is 23.3 Å². The van der Waals surface area contributed by atoms with Crippen LogP contribution in [0.15, 0.2) is 11.4 Å². The number of hydrogen-bond donors (Lipinski definition) is 1. The summed E-state index contributed by atoms with van der Waals surface area (Å²) in [4.78, 5) is 1.37. The fourth-order valence-electron chi connectivity index (χ4n) is 1.70. The van der Waals surface area contributed by atoms with Crippen LogP contribution in [0.4, 0.5) is 0 Å². The van der Waals surface area contributed by atoms with Gasteiger partial charge in [-0.2, -0.15) is 0 Å². The lowest BCUT2D eigenvalue weighted by Crippen LogP contribution is -2.32. The van der Waals surface area contributed by atoms with Crippen LogP contribution in [-0.2, 0) is 6.42 Å². The molecule has 1 heterocycles. The van der Waals surface area contributed by atoms with Gasteiger partial charge in [0.1, 0.15) is 0 Å². The number of thiophene rings is 1. The third-order valence-corrected chi connectivity index (χ3v) is 3.57. The molecule has 2 atom stereocenters. The summed E-state index contributed by atoms with van der Waals surface area (Å²) in [6.45, 7) is 2.13. The average molecular weight is 182 g/mol. The van der Waals surface area contributed by atoms with E-state index in [1.54, 1.807) is 11.3 Å². The summed E-state index contributed by atoms with van der Waals surface area (Å²) in [5.74, 6) is 0.541. The van der Waals surface area contributed by atoms with Gasteiger partial charge in [0, 0.05) is 4.88 Å². The van der Waals surface area contributed by atoms with Gasteiger partial charge in [-0.3, -0.25) is 0 Å². The largest absolute Gasteiger partial charge is 0.393 e. The molecule has 0 saturated heterocycles. The second-order valence-corrected chi connectivity index (χ2v) is 4.79. The van der Waals surface area contributed by atoms with Crippen LogP contribution in [0.2, 0.25) is 0 Å². The van der Waals surface area contributed by atoms with Crippen molar-refractivity contribution in [1.29, 1.82) is 0 Å². The molecule has 1 aliphatic carbocycles. The molecular weight excluding hydrogens is 168 g/mol. The van der Waals surface area contributed by atoms with Crippen molar-refractivity contribution in [3.05, 3.63) is 21.9 Å². The van der Waals surface area contributed by atoms with Crippen molar-refractivity contribution in [3.8, 4) is 0 Å². The Morgan fingerprint density at radius 3 is 2.83 bits per heavy atom. The van der Waals surface area contributed by atoms with Crippen LogP contribution in [0, 0.1) is 12.8 Å². The molecule has 2 heteroatoms. The fourth-order valence-corrected chi connectivity index (χ4v) is 2.42. The van der Waals surface area contributed by atoms with E-state index >= 15 is 0 Å². The van der Waals surface area contributed by atoms with Crippen molar-refractivity contribution in [2.75, 3.05) is 0 Å². The SMILES string of the molecule is Cc1cc(CC2CCC2O)cs1. The van der Waals surface area contributed by atoms with Gasteiger partial charge in [-0.15, -0.1) is 11.3 Å². The first-order valence-electron chi connectivity index (χ1n) is 4.48. The van der Waals surface area contributed by atoms with Crippen LogP contribution < -0.4 is 0 Å². The molecule has 0 aromatic carbocycles. The van der Waals surface area contributed by atoms with Crippen molar-refractivity contribution < 1.29 is 5.11 Å². The topological polar surface area (TPSA) is 20.2 Å². The van der Waals surface area contributed by atoms with Crippen molar-refractivity contribution in [3.63, 3.8) is 0 Å². The van der Waals surface area contributed by atoms with Gasteiger partial charge >= 0.3 is 0 Å². The smallest absolute Gasteiger partial charge is 0.0571 e. The van der Waals surface area contributed by atoms with E-state index in [1.807, 2.05) is 0 Å². The molecule has 0 aliphatic heterocycles. The minimum Gasteiger partial charge on any atom is -0.393 e. The lowest BCUT2D eigenvalue weighted by Gasteiger charge is -2.32. The van der Waals surface area contributed by atoms with Crippen molar-refractivity contribution in [2.45, 2.75) is 32.3 Å². The van der Waals surface area contributed by atoms with Gasteiger partial charge in [0.2, 0.25) is 0 Å². The summed E-state index contributed by atoms with van der Waals surface area (Å²) in [7, 11) is 0. The molecule has 66 valence electrons. The second kappa shape index (κ2) is 3.19. The molecule has 0 radical (unpaired) electrons. The first-order chi connectivity index (χ1) is 5.75. The average Bonchev–Trinajstić information content (AvgIpc) is 2.44. The Morgan fingerprint density at radius 2 is 2.42 bits per heavy atom. The van der Waals surface area contributed by atoms with Gasteiger partial charge in [0.25, 0.3) is 0 Å². The summed E-state index contributed by atoms with van der Waals surface area (Å²) in [5, 5.41) is 11.6. The quantitative estimate of drug-likeness (QED) is 0.744. The van der Waals surface area contributed by atoms with Crippen LogP contribution in [-0.4, -0.2) is 11.2 Å². The van der Waals surface area contributed by atoms with Gasteiger partial charge in [-0.05, 0) is 49.1 Å². The number of aryl methyl sites for hydroxylation is 1. The summed E-state index contributed by atoms with van der Waals surface area (Å²) in [5.41, 5.74) is 1.40. The second-order valence-electron chi connectivity index (χ2n) is 3.67. The Bertz CT molecular complexity index is 267. The number of aliphatic hydroxyl groups is 1. The molecule has 1 aromatic rings. The fraction of sp³-hybridized carbons (Fsp3) is 0.600. The molecule has 1 saturated carbocycles. The lowest BCUT2D eigenvalue weighted by molar-refractivity contribution is 0.0245. The maximum atomic E-state index is 9.38. The highest BCUT2D eigenvalue weighted by Crippen LogP contribution is 2.31. The van der Waals surface area contributed by atoms with Crippen molar-refractivity contribution >= 4 is 11.3 Å². The molecule has 2 rings (SSSR count). The molecule has 1 fully saturated rings. The first kappa shape index (κ1) is 8.27. The van der Waals surface area contributed by atoms with Crippen LogP contribution in [0.25, 0.3) is 0 Å². The van der Waals surface area contributed by atoms with Crippen molar-refractivity contribution in [1.82, 2.24) is 0 Å². The third-order valence-electron chi connectivity index (χ3n) is 2.66. The Morgan fingerprint density at radius 1 is 1.58 bits per heavy atom. The summed E-state index contributed by atoms with van der Waals surface area (Å²) in [6, 6.07) is 2.23. The molecule has 1 nitrogen and oxygen atoms in total. The number of aliphatic hydroxyl groups excluding tert-OH is 1. The van der Waals surface area contributed by atoms with Gasteiger partial charge < -0.3 is 5.11 Å². The molecular formula is C10H14OS. The summed E-state index contributed by atoms with van der Waals surface area (Å²) < 4.78 is 0. The van der Waals surface area contributed by atoms with E-state index in [4.69, 9.17) is 0 Å². The van der Waals surface area contributed by atoms with Gasteiger partial charge in [-0.25, -0.2) is 0 Å². The molecule has 0 amide bonds. The Kier molecular flexibility index (Phi) is 2.20. The highest BCUT2D eigenvalue weighted by Gasteiger charge is 2.28. The molecule has 1 aliphatic rings. The lowest BCUT2D eigenvalue weighted by atomic mass is 9.78. The van der Waals surface area contributed by atoms with E-state index in [0.717, 1.165) is 12.8 Å². The van der Waals surface area contributed by atoms with Gasteiger partial charge in [0.05, 0.1) is 6.10 Å². The molecule has 1 aromatic heterocycles. The van der Waals surface area contributed by atoms with E-state index in [-0.39, 0.29) is 6.10 Å². The minimum absolute atomic E-state index is 0.0230. The molecule has 0 spiro atoms. The predicted molar refractivity (Wildman–Crippen MR) is 51.5 cm³/mol. The van der Waals surface area contributed by atoms with Crippen LogP contribution in [0.5, 0.6) is 0 Å². The molecule has 0 bridgehead atoms. The van der Waals surface area contributed by atoms with Crippen LogP contribution in [0.3, 0.4) is 0 Å². The predicted octanol–water partition coefficient (Wildman–Crippen LogP) is 2.37. The highest BCUT2D eigenvalue weighted by atomic mass is 32.1. The van der Waals surface area contributed by atoms with E-state index in [2.05, 4.69) is 18.4 Å². The van der Waals surface area contributed by atoms with E-state index in [0.29, 0.717) is 5.92 Å². The summed E-state index contributed by atoms with van der Waals surface area (Å²) >= 11 is 1.80.